The molecule has 5 nitrogen and oxygen atoms in total. The summed E-state index contributed by atoms with van der Waals surface area (Å²) in [7, 11) is -4.40. The third kappa shape index (κ3) is 5.10. The van der Waals surface area contributed by atoms with Crippen LogP contribution in [-0.2, 0) is 14.6 Å². The zero-order valence-corrected chi connectivity index (χ0v) is 22.2. The summed E-state index contributed by atoms with van der Waals surface area (Å²) in [6.45, 7) is 11.3. The summed E-state index contributed by atoms with van der Waals surface area (Å²) in [6.07, 6.45) is 13.8. The van der Waals surface area contributed by atoms with Crippen LogP contribution in [0, 0.1) is 40.4 Å². The molecule has 4 aliphatic rings. The summed E-state index contributed by atoms with van der Waals surface area (Å²) < 4.78 is 36.5. The van der Waals surface area contributed by atoms with Crippen LogP contribution in [-0.4, -0.2) is 29.8 Å². The molecule has 0 saturated heterocycles. The predicted molar refractivity (Wildman–Crippen MR) is 131 cm³/mol. The van der Waals surface area contributed by atoms with E-state index in [0.29, 0.717) is 30.1 Å². The Kier molecular flexibility index (Phi) is 6.92. The van der Waals surface area contributed by atoms with Crippen molar-refractivity contribution in [2.45, 2.75) is 117 Å². The van der Waals surface area contributed by atoms with E-state index in [4.69, 9.17) is 8.74 Å². The van der Waals surface area contributed by atoms with E-state index < -0.39 is 22.1 Å². The molecule has 0 radical (unpaired) electrons. The van der Waals surface area contributed by atoms with Crippen molar-refractivity contribution in [2.24, 2.45) is 40.4 Å². The van der Waals surface area contributed by atoms with Gasteiger partial charge in [-0.2, -0.15) is 8.42 Å². The number of aliphatic hydroxyl groups is 1. The van der Waals surface area contributed by atoms with E-state index in [2.05, 4.69) is 26.8 Å². The van der Waals surface area contributed by atoms with Gasteiger partial charge < -0.3 is 5.11 Å². The maximum absolute atomic E-state index is 11.2. The van der Waals surface area contributed by atoms with Gasteiger partial charge in [0, 0.05) is 0 Å². The lowest BCUT2D eigenvalue weighted by atomic mass is 9.47. The molecule has 8 atom stereocenters. The third-order valence-electron chi connectivity index (χ3n) is 10.5. The molecule has 0 spiro atoms. The van der Waals surface area contributed by atoms with Crippen LogP contribution >= 0.6 is 0 Å². The summed E-state index contributed by atoms with van der Waals surface area (Å²) in [4.78, 5) is 0. The van der Waals surface area contributed by atoms with Crippen LogP contribution in [0.2, 0.25) is 0 Å². The van der Waals surface area contributed by atoms with Gasteiger partial charge in [-0.3, -0.25) is 4.55 Å². The predicted octanol–water partition coefficient (Wildman–Crippen LogP) is 6.33. The largest absolute Gasteiger partial charge is 0.397 e. The number of fused-ring (bicyclic) bond motifs is 5. The van der Waals surface area contributed by atoms with Gasteiger partial charge in [0.2, 0.25) is 0 Å². The van der Waals surface area contributed by atoms with Crippen LogP contribution in [0.3, 0.4) is 0 Å². The number of allylic oxidation sites excluding steroid dienone is 1. The molecule has 2 N–H and O–H groups in total. The molecule has 0 aromatic rings. The minimum atomic E-state index is -4.40. The minimum Gasteiger partial charge on any atom is -0.390 e. The molecule has 0 amide bonds. The van der Waals surface area contributed by atoms with Crippen LogP contribution in [0.25, 0.3) is 0 Å². The van der Waals surface area contributed by atoms with Crippen LogP contribution in [0.15, 0.2) is 11.6 Å². The lowest BCUT2D eigenvalue weighted by Gasteiger charge is -2.58. The van der Waals surface area contributed by atoms with E-state index in [1.165, 1.54) is 37.7 Å². The Hall–Kier alpha value is -0.430. The fourth-order valence-electron chi connectivity index (χ4n) is 8.91. The average molecular weight is 483 g/mol. The first-order chi connectivity index (χ1) is 15.2. The third-order valence-corrected chi connectivity index (χ3v) is 11.0. The molecule has 33 heavy (non-hydrogen) atoms. The fourth-order valence-corrected chi connectivity index (χ4v) is 9.42. The summed E-state index contributed by atoms with van der Waals surface area (Å²) in [5, 5.41) is 10.1. The van der Waals surface area contributed by atoms with E-state index >= 15 is 0 Å². The van der Waals surface area contributed by atoms with Crippen molar-refractivity contribution < 1.29 is 22.3 Å². The Balaban J connectivity index is 1.46. The first-order valence-electron chi connectivity index (χ1n) is 13.3. The maximum Gasteiger partial charge on any atom is 0.397 e. The molecule has 0 aromatic heterocycles. The molecule has 3 saturated carbocycles. The highest BCUT2D eigenvalue weighted by molar-refractivity contribution is 7.80. The van der Waals surface area contributed by atoms with Gasteiger partial charge in [0.25, 0.3) is 0 Å². The van der Waals surface area contributed by atoms with E-state index in [9.17, 15) is 13.5 Å². The molecule has 2 unspecified atom stereocenters. The summed E-state index contributed by atoms with van der Waals surface area (Å²) in [6, 6.07) is 0. The molecule has 4 aliphatic carbocycles. The Labute approximate surface area is 201 Å². The van der Waals surface area contributed by atoms with Crippen LogP contribution in [0.1, 0.15) is 105 Å². The minimum absolute atomic E-state index is 0.139. The molecule has 0 aliphatic heterocycles. The van der Waals surface area contributed by atoms with Gasteiger partial charge in [-0.25, -0.2) is 4.18 Å². The second kappa shape index (κ2) is 8.90. The molecule has 0 bridgehead atoms. The van der Waals surface area contributed by atoms with Crippen molar-refractivity contribution in [3.63, 3.8) is 0 Å². The van der Waals surface area contributed by atoms with Crippen molar-refractivity contribution in [1.29, 1.82) is 0 Å². The SMILES string of the molecule is CC(CCCC(C)(C)O)[C@H]1CC[C@H]2[C@@H]3CC=C4CC(OS(=O)(=O)O)CC[C@]4(C)[C@H]3CC[C@]12C. The normalized spacial score (nSPS) is 42.2. The first kappa shape index (κ1) is 25.7. The Morgan fingerprint density at radius 1 is 1.15 bits per heavy atom. The van der Waals surface area contributed by atoms with Gasteiger partial charge in [0.05, 0.1) is 11.7 Å². The summed E-state index contributed by atoms with van der Waals surface area (Å²) >= 11 is 0. The smallest absolute Gasteiger partial charge is 0.390 e. The van der Waals surface area contributed by atoms with E-state index in [-0.39, 0.29) is 5.41 Å². The van der Waals surface area contributed by atoms with Crippen molar-refractivity contribution in [2.75, 3.05) is 0 Å². The Bertz CT molecular complexity index is 858. The van der Waals surface area contributed by atoms with E-state index in [1.54, 1.807) is 0 Å². The highest BCUT2D eigenvalue weighted by Crippen LogP contribution is 2.67. The summed E-state index contributed by atoms with van der Waals surface area (Å²) in [5.74, 6) is 3.66. The number of rotatable bonds is 7. The maximum atomic E-state index is 11.2. The quantitative estimate of drug-likeness (QED) is 0.327. The molecule has 4 rings (SSSR count). The monoisotopic (exact) mass is 482 g/mol. The molecule has 0 heterocycles. The zero-order valence-electron chi connectivity index (χ0n) is 21.3. The molecule has 3 fully saturated rings. The molecular weight excluding hydrogens is 436 g/mol. The Morgan fingerprint density at radius 2 is 1.88 bits per heavy atom. The highest BCUT2D eigenvalue weighted by Gasteiger charge is 2.59. The van der Waals surface area contributed by atoms with Crippen LogP contribution < -0.4 is 0 Å². The van der Waals surface area contributed by atoms with Gasteiger partial charge in [-0.05, 0) is 112 Å². The topological polar surface area (TPSA) is 83.8 Å². The first-order valence-corrected chi connectivity index (χ1v) is 14.7. The standard InChI is InChI=1S/C27H46O5S/c1-18(7-6-14-25(2,3)28)22-10-11-23-21-9-8-19-17-20(32-33(29,30)31)12-15-26(19,4)24(21)13-16-27(22,23)5/h8,18,20-24,28H,6-7,9-17H2,1-5H3,(H,29,30,31)/t18?,20?,21-,22+,23-,24-,26-,27+/m0/s1. The zero-order chi connectivity index (χ0) is 24.2. The number of hydrogen-bond acceptors (Lipinski definition) is 4. The molecule has 6 heteroatoms. The number of hydrogen-bond donors (Lipinski definition) is 2. The van der Waals surface area contributed by atoms with Crippen LogP contribution in [0.5, 0.6) is 0 Å². The van der Waals surface area contributed by atoms with Crippen molar-refractivity contribution >= 4 is 10.4 Å². The van der Waals surface area contributed by atoms with E-state index in [1.807, 2.05) is 13.8 Å². The summed E-state index contributed by atoms with van der Waals surface area (Å²) in [5.41, 5.74) is 1.36. The van der Waals surface area contributed by atoms with Gasteiger partial charge in [0.15, 0.2) is 0 Å². The van der Waals surface area contributed by atoms with Crippen molar-refractivity contribution in [1.82, 2.24) is 0 Å². The average Bonchev–Trinajstić information content (AvgIpc) is 3.03. The second-order valence-corrected chi connectivity index (χ2v) is 14.1. The lowest BCUT2D eigenvalue weighted by Crippen LogP contribution is -2.51. The molecule has 190 valence electrons. The lowest BCUT2D eigenvalue weighted by molar-refractivity contribution is -0.0563. The Morgan fingerprint density at radius 3 is 2.55 bits per heavy atom. The van der Waals surface area contributed by atoms with E-state index in [0.717, 1.165) is 43.4 Å². The van der Waals surface area contributed by atoms with Gasteiger partial charge in [0.1, 0.15) is 0 Å². The fraction of sp³-hybridized carbons (Fsp3) is 0.926. The van der Waals surface area contributed by atoms with Crippen molar-refractivity contribution in [3.8, 4) is 0 Å². The molecular formula is C27H46O5S. The van der Waals surface area contributed by atoms with Gasteiger partial charge >= 0.3 is 10.4 Å². The molecule has 0 aromatic carbocycles. The van der Waals surface area contributed by atoms with Gasteiger partial charge in [-0.1, -0.05) is 45.3 Å². The van der Waals surface area contributed by atoms with Gasteiger partial charge in [-0.15, -0.1) is 0 Å². The van der Waals surface area contributed by atoms with Crippen LogP contribution in [0.4, 0.5) is 0 Å². The highest BCUT2D eigenvalue weighted by atomic mass is 32.3. The van der Waals surface area contributed by atoms with Crippen molar-refractivity contribution in [3.05, 3.63) is 11.6 Å². The second-order valence-electron chi connectivity index (χ2n) is 13.1.